The minimum absolute atomic E-state index is 0.458. The Morgan fingerprint density at radius 3 is 2.47 bits per heavy atom. The van der Waals surface area contributed by atoms with Crippen molar-refractivity contribution in [1.29, 1.82) is 0 Å². The Morgan fingerprint density at radius 2 is 2.07 bits per heavy atom. The van der Waals surface area contributed by atoms with Gasteiger partial charge in [0.15, 0.2) is 6.10 Å². The molecule has 0 heterocycles. The Morgan fingerprint density at radius 1 is 1.47 bits per heavy atom. The van der Waals surface area contributed by atoms with Crippen molar-refractivity contribution in [2.45, 2.75) is 24.3 Å². The highest BCUT2D eigenvalue weighted by molar-refractivity contribution is 7.98. The smallest absolute Gasteiger partial charge is 0.344 e. The lowest BCUT2D eigenvalue weighted by Gasteiger charge is -2.12. The molecule has 1 unspecified atom stereocenters. The second kappa shape index (κ2) is 5.66. The van der Waals surface area contributed by atoms with E-state index < -0.39 is 12.1 Å². The lowest BCUT2D eigenvalue weighted by Crippen LogP contribution is -2.25. The number of rotatable bonds is 5. The van der Waals surface area contributed by atoms with Crippen molar-refractivity contribution in [3.63, 3.8) is 0 Å². The zero-order valence-electron chi connectivity index (χ0n) is 8.77. The molecule has 1 N–H and O–H groups in total. The van der Waals surface area contributed by atoms with Crippen molar-refractivity contribution in [3.05, 3.63) is 24.3 Å². The van der Waals surface area contributed by atoms with Gasteiger partial charge in [-0.2, -0.15) is 0 Å². The summed E-state index contributed by atoms with van der Waals surface area (Å²) in [6.45, 7) is 1.79. The largest absolute Gasteiger partial charge is 0.479 e. The van der Waals surface area contributed by atoms with Crippen LogP contribution in [0.25, 0.3) is 0 Å². The van der Waals surface area contributed by atoms with Crippen LogP contribution in [0.5, 0.6) is 5.75 Å². The predicted molar refractivity (Wildman–Crippen MR) is 60.6 cm³/mol. The van der Waals surface area contributed by atoms with E-state index in [9.17, 15) is 4.79 Å². The van der Waals surface area contributed by atoms with Gasteiger partial charge in [0.25, 0.3) is 0 Å². The number of carboxylic acids is 1. The molecule has 1 aromatic rings. The van der Waals surface area contributed by atoms with E-state index in [2.05, 4.69) is 0 Å². The lowest BCUT2D eigenvalue weighted by molar-refractivity contribution is -0.145. The molecule has 0 bridgehead atoms. The summed E-state index contributed by atoms with van der Waals surface area (Å²) in [5.41, 5.74) is 0. The van der Waals surface area contributed by atoms with Crippen LogP contribution in [0.4, 0.5) is 0 Å². The molecular formula is C11H14O3S. The molecule has 4 heteroatoms. The lowest BCUT2D eigenvalue weighted by atomic mass is 10.3. The number of carboxylic acid groups (broad SMARTS) is 1. The Balaban J connectivity index is 2.67. The molecule has 1 atom stereocenters. The maximum atomic E-state index is 10.7. The number of aliphatic carboxylic acids is 1. The number of thioether (sulfide) groups is 1. The third-order valence-electron chi connectivity index (χ3n) is 1.98. The summed E-state index contributed by atoms with van der Waals surface area (Å²) in [5, 5.41) is 8.81. The van der Waals surface area contributed by atoms with Gasteiger partial charge in [0.1, 0.15) is 5.75 Å². The van der Waals surface area contributed by atoms with E-state index in [0.29, 0.717) is 12.2 Å². The first-order valence-electron chi connectivity index (χ1n) is 4.71. The van der Waals surface area contributed by atoms with E-state index in [1.807, 2.05) is 18.4 Å². The zero-order chi connectivity index (χ0) is 11.3. The molecule has 0 aliphatic carbocycles. The fourth-order valence-corrected chi connectivity index (χ4v) is 1.54. The molecule has 0 saturated heterocycles. The summed E-state index contributed by atoms with van der Waals surface area (Å²) in [7, 11) is 0. The van der Waals surface area contributed by atoms with E-state index in [1.54, 1.807) is 30.8 Å². The number of hydrogen-bond acceptors (Lipinski definition) is 3. The van der Waals surface area contributed by atoms with Gasteiger partial charge < -0.3 is 9.84 Å². The van der Waals surface area contributed by atoms with Gasteiger partial charge >= 0.3 is 5.97 Å². The van der Waals surface area contributed by atoms with Crippen molar-refractivity contribution >= 4 is 17.7 Å². The van der Waals surface area contributed by atoms with Crippen LogP contribution >= 0.6 is 11.8 Å². The van der Waals surface area contributed by atoms with Gasteiger partial charge in [-0.25, -0.2) is 4.79 Å². The summed E-state index contributed by atoms with van der Waals surface area (Å²) in [6.07, 6.45) is 1.69. The number of ether oxygens (including phenoxy) is 1. The molecule has 82 valence electrons. The second-order valence-corrected chi connectivity index (χ2v) is 3.91. The van der Waals surface area contributed by atoms with Crippen LogP contribution in [0, 0.1) is 0 Å². The molecule has 0 amide bonds. The van der Waals surface area contributed by atoms with E-state index in [1.165, 1.54) is 0 Å². The first-order chi connectivity index (χ1) is 7.17. The van der Waals surface area contributed by atoms with Crippen LogP contribution in [0.15, 0.2) is 29.2 Å². The molecule has 0 aromatic heterocycles. The standard InChI is InChI=1S/C11H14O3S/c1-3-10(11(12)13)14-8-4-6-9(15-2)7-5-8/h4-7,10H,3H2,1-2H3,(H,12,13). The molecule has 3 nitrogen and oxygen atoms in total. The van der Waals surface area contributed by atoms with Crippen LogP contribution in [-0.2, 0) is 4.79 Å². The fraction of sp³-hybridized carbons (Fsp3) is 0.364. The maximum absolute atomic E-state index is 10.7. The van der Waals surface area contributed by atoms with Crippen LogP contribution in [0.3, 0.4) is 0 Å². The van der Waals surface area contributed by atoms with Gasteiger partial charge in [0.05, 0.1) is 0 Å². The highest BCUT2D eigenvalue weighted by atomic mass is 32.2. The Bertz CT molecular complexity index is 321. The third kappa shape index (κ3) is 3.47. The van der Waals surface area contributed by atoms with Gasteiger partial charge in [-0.05, 0) is 36.9 Å². The van der Waals surface area contributed by atoms with E-state index in [0.717, 1.165) is 4.90 Å². The molecule has 1 rings (SSSR count). The molecule has 0 saturated carbocycles. The topological polar surface area (TPSA) is 46.5 Å². The molecule has 0 fully saturated rings. The average molecular weight is 226 g/mol. The number of carbonyl (C=O) groups is 1. The fourth-order valence-electron chi connectivity index (χ4n) is 1.13. The van der Waals surface area contributed by atoms with Crippen LogP contribution in [0.1, 0.15) is 13.3 Å². The summed E-state index contributed by atoms with van der Waals surface area (Å²) < 4.78 is 5.32. The van der Waals surface area contributed by atoms with Crippen LogP contribution in [-0.4, -0.2) is 23.4 Å². The van der Waals surface area contributed by atoms with Gasteiger partial charge in [-0.15, -0.1) is 11.8 Å². The minimum Gasteiger partial charge on any atom is -0.479 e. The summed E-state index contributed by atoms with van der Waals surface area (Å²) in [4.78, 5) is 11.9. The van der Waals surface area contributed by atoms with Crippen molar-refractivity contribution < 1.29 is 14.6 Å². The molecule has 0 aliphatic heterocycles. The minimum atomic E-state index is -0.925. The molecular weight excluding hydrogens is 212 g/mol. The Labute approximate surface area is 93.4 Å². The molecule has 0 aliphatic rings. The maximum Gasteiger partial charge on any atom is 0.344 e. The van der Waals surface area contributed by atoms with Crippen LogP contribution < -0.4 is 4.74 Å². The SMILES string of the molecule is CCC(Oc1ccc(SC)cc1)C(=O)O. The number of hydrogen-bond donors (Lipinski definition) is 1. The van der Waals surface area contributed by atoms with Gasteiger partial charge in [0.2, 0.25) is 0 Å². The highest BCUT2D eigenvalue weighted by Gasteiger charge is 2.16. The van der Waals surface area contributed by atoms with E-state index >= 15 is 0 Å². The normalized spacial score (nSPS) is 12.1. The van der Waals surface area contributed by atoms with Crippen LogP contribution in [0.2, 0.25) is 0 Å². The first-order valence-corrected chi connectivity index (χ1v) is 5.93. The zero-order valence-corrected chi connectivity index (χ0v) is 9.58. The van der Waals surface area contributed by atoms with Crippen molar-refractivity contribution in [2.24, 2.45) is 0 Å². The molecule has 0 radical (unpaired) electrons. The highest BCUT2D eigenvalue weighted by Crippen LogP contribution is 2.20. The number of benzene rings is 1. The predicted octanol–water partition coefficient (Wildman–Crippen LogP) is 2.65. The first kappa shape index (κ1) is 11.9. The van der Waals surface area contributed by atoms with E-state index in [-0.39, 0.29) is 0 Å². The monoisotopic (exact) mass is 226 g/mol. The molecule has 0 spiro atoms. The van der Waals surface area contributed by atoms with Gasteiger partial charge in [0, 0.05) is 4.90 Å². The second-order valence-electron chi connectivity index (χ2n) is 3.03. The van der Waals surface area contributed by atoms with E-state index in [4.69, 9.17) is 9.84 Å². The van der Waals surface area contributed by atoms with Crippen molar-refractivity contribution in [2.75, 3.05) is 6.26 Å². The average Bonchev–Trinajstić information content (AvgIpc) is 2.26. The summed E-state index contributed by atoms with van der Waals surface area (Å²) >= 11 is 1.64. The molecule has 1 aromatic carbocycles. The Hall–Kier alpha value is -1.16. The quantitative estimate of drug-likeness (QED) is 0.784. The molecule has 15 heavy (non-hydrogen) atoms. The van der Waals surface area contributed by atoms with Crippen molar-refractivity contribution in [1.82, 2.24) is 0 Å². The van der Waals surface area contributed by atoms with Crippen molar-refractivity contribution in [3.8, 4) is 5.75 Å². The Kier molecular flexibility index (Phi) is 4.49. The summed E-state index contributed by atoms with van der Waals surface area (Å²) in [6, 6.07) is 7.40. The van der Waals surface area contributed by atoms with Gasteiger partial charge in [-0.3, -0.25) is 0 Å². The van der Waals surface area contributed by atoms with Gasteiger partial charge in [-0.1, -0.05) is 6.92 Å². The third-order valence-corrected chi connectivity index (χ3v) is 2.73. The summed E-state index contributed by atoms with van der Waals surface area (Å²) in [5.74, 6) is -0.325.